The molecule has 0 aliphatic heterocycles. The SMILES string of the molecule is Cc1ccc(C)c(C(=O)Nc2ccc(OC3CCCC3)cc2)c1. The van der Waals surface area contributed by atoms with Crippen LogP contribution in [0.2, 0.25) is 0 Å². The van der Waals surface area contributed by atoms with E-state index in [4.69, 9.17) is 4.74 Å². The van der Waals surface area contributed by atoms with Crippen LogP contribution < -0.4 is 10.1 Å². The van der Waals surface area contributed by atoms with Crippen LogP contribution >= 0.6 is 0 Å². The summed E-state index contributed by atoms with van der Waals surface area (Å²) < 4.78 is 5.94. The van der Waals surface area contributed by atoms with E-state index < -0.39 is 0 Å². The van der Waals surface area contributed by atoms with Crippen molar-refractivity contribution in [2.45, 2.75) is 45.6 Å². The largest absolute Gasteiger partial charge is 0.490 e. The Hall–Kier alpha value is -2.29. The van der Waals surface area contributed by atoms with E-state index in [0.29, 0.717) is 6.10 Å². The maximum Gasteiger partial charge on any atom is 0.255 e. The lowest BCUT2D eigenvalue weighted by atomic mass is 10.1. The minimum Gasteiger partial charge on any atom is -0.490 e. The third-order valence-corrected chi connectivity index (χ3v) is 4.35. The van der Waals surface area contributed by atoms with E-state index in [1.165, 1.54) is 12.8 Å². The summed E-state index contributed by atoms with van der Waals surface area (Å²) in [7, 11) is 0. The Morgan fingerprint density at radius 1 is 1.04 bits per heavy atom. The molecule has 1 aliphatic rings. The molecule has 1 fully saturated rings. The van der Waals surface area contributed by atoms with Crippen molar-refractivity contribution in [3.05, 3.63) is 59.2 Å². The summed E-state index contributed by atoms with van der Waals surface area (Å²) in [4.78, 5) is 12.4. The predicted molar refractivity (Wildman–Crippen MR) is 93.2 cm³/mol. The van der Waals surface area contributed by atoms with Crippen molar-refractivity contribution >= 4 is 11.6 Å². The lowest BCUT2D eigenvalue weighted by Gasteiger charge is -2.14. The van der Waals surface area contributed by atoms with Crippen molar-refractivity contribution in [2.24, 2.45) is 0 Å². The Morgan fingerprint density at radius 3 is 2.43 bits per heavy atom. The maximum atomic E-state index is 12.4. The first-order valence-corrected chi connectivity index (χ1v) is 8.27. The standard InChI is InChI=1S/C20H23NO2/c1-14-7-8-15(2)19(13-14)20(22)21-16-9-11-18(12-10-16)23-17-5-3-4-6-17/h7-13,17H,3-6H2,1-2H3,(H,21,22). The zero-order valence-electron chi connectivity index (χ0n) is 13.8. The molecule has 1 amide bonds. The number of amides is 1. The van der Waals surface area contributed by atoms with Gasteiger partial charge in [0.2, 0.25) is 0 Å². The number of aryl methyl sites for hydroxylation is 2. The maximum absolute atomic E-state index is 12.4. The molecular weight excluding hydrogens is 286 g/mol. The molecule has 0 aromatic heterocycles. The highest BCUT2D eigenvalue weighted by Gasteiger charge is 2.16. The molecule has 0 atom stereocenters. The van der Waals surface area contributed by atoms with Gasteiger partial charge in [-0.15, -0.1) is 0 Å². The summed E-state index contributed by atoms with van der Waals surface area (Å²) in [5.41, 5.74) is 3.57. The van der Waals surface area contributed by atoms with Crippen LogP contribution in [0.5, 0.6) is 5.75 Å². The smallest absolute Gasteiger partial charge is 0.255 e. The van der Waals surface area contributed by atoms with Crippen molar-refractivity contribution in [1.29, 1.82) is 0 Å². The second-order valence-corrected chi connectivity index (χ2v) is 6.32. The molecule has 23 heavy (non-hydrogen) atoms. The number of hydrogen-bond acceptors (Lipinski definition) is 2. The molecule has 0 spiro atoms. The van der Waals surface area contributed by atoms with E-state index in [9.17, 15) is 4.79 Å². The van der Waals surface area contributed by atoms with E-state index in [-0.39, 0.29) is 5.91 Å². The molecule has 1 N–H and O–H groups in total. The highest BCUT2D eigenvalue weighted by Crippen LogP contribution is 2.25. The van der Waals surface area contributed by atoms with Crippen LogP contribution in [-0.4, -0.2) is 12.0 Å². The quantitative estimate of drug-likeness (QED) is 0.874. The Labute approximate surface area is 137 Å². The minimum absolute atomic E-state index is 0.0735. The van der Waals surface area contributed by atoms with Gasteiger partial charge in [0.05, 0.1) is 6.10 Å². The Balaban J connectivity index is 1.65. The number of anilines is 1. The molecule has 0 unspecified atom stereocenters. The van der Waals surface area contributed by atoms with Crippen LogP contribution in [0.4, 0.5) is 5.69 Å². The lowest BCUT2D eigenvalue weighted by molar-refractivity contribution is 0.102. The van der Waals surface area contributed by atoms with Gasteiger partial charge in [-0.2, -0.15) is 0 Å². The first-order valence-electron chi connectivity index (χ1n) is 8.27. The van der Waals surface area contributed by atoms with Gasteiger partial charge in [-0.1, -0.05) is 17.7 Å². The average Bonchev–Trinajstić information content (AvgIpc) is 3.04. The van der Waals surface area contributed by atoms with E-state index in [1.807, 2.05) is 56.3 Å². The van der Waals surface area contributed by atoms with Gasteiger partial charge in [0.25, 0.3) is 5.91 Å². The van der Waals surface area contributed by atoms with Gasteiger partial charge in [0.1, 0.15) is 5.75 Å². The number of carbonyl (C=O) groups is 1. The molecule has 0 radical (unpaired) electrons. The molecular formula is C20H23NO2. The van der Waals surface area contributed by atoms with Gasteiger partial charge in [0.15, 0.2) is 0 Å². The van der Waals surface area contributed by atoms with Gasteiger partial charge < -0.3 is 10.1 Å². The third kappa shape index (κ3) is 3.92. The van der Waals surface area contributed by atoms with Gasteiger partial charge in [-0.3, -0.25) is 4.79 Å². The highest BCUT2D eigenvalue weighted by molar-refractivity contribution is 6.05. The number of benzene rings is 2. The first-order chi connectivity index (χ1) is 11.1. The topological polar surface area (TPSA) is 38.3 Å². The Morgan fingerprint density at radius 2 is 1.74 bits per heavy atom. The number of rotatable bonds is 4. The van der Waals surface area contributed by atoms with Crippen molar-refractivity contribution in [2.75, 3.05) is 5.32 Å². The Bertz CT molecular complexity index is 685. The predicted octanol–water partition coefficient (Wildman–Crippen LogP) is 4.88. The number of nitrogens with one attached hydrogen (secondary N) is 1. The normalized spacial score (nSPS) is 14.7. The van der Waals surface area contributed by atoms with E-state index >= 15 is 0 Å². The molecule has 0 saturated heterocycles. The third-order valence-electron chi connectivity index (χ3n) is 4.35. The molecule has 1 saturated carbocycles. The van der Waals surface area contributed by atoms with Gasteiger partial charge >= 0.3 is 0 Å². The van der Waals surface area contributed by atoms with Crippen LogP contribution in [0, 0.1) is 13.8 Å². The molecule has 3 nitrogen and oxygen atoms in total. The minimum atomic E-state index is -0.0735. The molecule has 0 heterocycles. The van der Waals surface area contributed by atoms with Crippen LogP contribution in [-0.2, 0) is 0 Å². The van der Waals surface area contributed by atoms with Gasteiger partial charge in [-0.25, -0.2) is 0 Å². The van der Waals surface area contributed by atoms with E-state index in [1.54, 1.807) is 0 Å². The summed E-state index contributed by atoms with van der Waals surface area (Å²) in [6, 6.07) is 13.6. The fraction of sp³-hybridized carbons (Fsp3) is 0.350. The van der Waals surface area contributed by atoms with Crippen molar-refractivity contribution in [3.63, 3.8) is 0 Å². The van der Waals surface area contributed by atoms with E-state index in [0.717, 1.165) is 41.0 Å². The summed E-state index contributed by atoms with van der Waals surface area (Å²) in [6.45, 7) is 3.94. The number of carbonyl (C=O) groups excluding carboxylic acids is 1. The number of hydrogen-bond donors (Lipinski definition) is 1. The monoisotopic (exact) mass is 309 g/mol. The zero-order chi connectivity index (χ0) is 16.2. The highest BCUT2D eigenvalue weighted by atomic mass is 16.5. The first kappa shape index (κ1) is 15.6. The summed E-state index contributed by atoms with van der Waals surface area (Å²) >= 11 is 0. The van der Waals surface area contributed by atoms with Crippen LogP contribution in [0.3, 0.4) is 0 Å². The summed E-state index contributed by atoms with van der Waals surface area (Å²) in [5, 5.41) is 2.95. The molecule has 1 aliphatic carbocycles. The fourth-order valence-electron chi connectivity index (χ4n) is 2.99. The van der Waals surface area contributed by atoms with Crippen molar-refractivity contribution < 1.29 is 9.53 Å². The van der Waals surface area contributed by atoms with Gasteiger partial charge in [0, 0.05) is 11.3 Å². The second kappa shape index (κ2) is 6.86. The number of ether oxygens (including phenoxy) is 1. The van der Waals surface area contributed by atoms with Crippen LogP contribution in [0.15, 0.2) is 42.5 Å². The lowest BCUT2D eigenvalue weighted by Crippen LogP contribution is -2.14. The van der Waals surface area contributed by atoms with Crippen LogP contribution in [0.25, 0.3) is 0 Å². The second-order valence-electron chi connectivity index (χ2n) is 6.32. The molecule has 120 valence electrons. The Kier molecular flexibility index (Phi) is 4.65. The molecule has 2 aromatic carbocycles. The van der Waals surface area contributed by atoms with Gasteiger partial charge in [-0.05, 0) is 75.4 Å². The molecule has 2 aromatic rings. The fourth-order valence-corrected chi connectivity index (χ4v) is 2.99. The zero-order valence-corrected chi connectivity index (χ0v) is 13.8. The van der Waals surface area contributed by atoms with Crippen molar-refractivity contribution in [1.82, 2.24) is 0 Å². The molecule has 3 heteroatoms. The van der Waals surface area contributed by atoms with Crippen LogP contribution in [0.1, 0.15) is 47.2 Å². The van der Waals surface area contributed by atoms with Crippen molar-refractivity contribution in [3.8, 4) is 5.75 Å². The van der Waals surface area contributed by atoms with E-state index in [2.05, 4.69) is 5.32 Å². The molecule has 0 bridgehead atoms. The summed E-state index contributed by atoms with van der Waals surface area (Å²) in [6.07, 6.45) is 5.16. The molecule has 3 rings (SSSR count). The summed E-state index contributed by atoms with van der Waals surface area (Å²) in [5.74, 6) is 0.803. The average molecular weight is 309 g/mol.